The van der Waals surface area contributed by atoms with Crippen molar-refractivity contribution in [1.29, 1.82) is 0 Å². The molecule has 0 aromatic heterocycles. The van der Waals surface area contributed by atoms with Crippen LogP contribution in [0.4, 0.5) is 0 Å². The van der Waals surface area contributed by atoms with Crippen LogP contribution >= 0.6 is 0 Å². The van der Waals surface area contributed by atoms with Gasteiger partial charge >= 0.3 is 0 Å². The van der Waals surface area contributed by atoms with Crippen LogP contribution < -0.4 is 0 Å². The van der Waals surface area contributed by atoms with Crippen LogP contribution in [-0.2, 0) is 14.9 Å². The molecule has 2 aromatic rings. The van der Waals surface area contributed by atoms with Gasteiger partial charge in [0.15, 0.2) is 6.29 Å². The molecule has 0 aliphatic carbocycles. The first kappa shape index (κ1) is 13.2. The Bertz CT molecular complexity index is 555. The molecule has 0 unspecified atom stereocenters. The molecule has 1 aliphatic rings. The van der Waals surface area contributed by atoms with Gasteiger partial charge in [-0.15, -0.1) is 0 Å². The number of rotatable bonds is 2. The Labute approximate surface area is 118 Å². The molecule has 3 heteroatoms. The van der Waals surface area contributed by atoms with Gasteiger partial charge in [-0.05, 0) is 30.2 Å². The van der Waals surface area contributed by atoms with Crippen LogP contribution in [0.25, 0.3) is 0 Å². The van der Waals surface area contributed by atoms with Gasteiger partial charge in [0.25, 0.3) is 0 Å². The van der Waals surface area contributed by atoms with Crippen LogP contribution in [0.15, 0.2) is 54.6 Å². The van der Waals surface area contributed by atoms with Crippen molar-refractivity contribution in [3.05, 3.63) is 65.7 Å². The second-order valence-corrected chi connectivity index (χ2v) is 5.18. The molecule has 1 saturated heterocycles. The van der Waals surface area contributed by atoms with Crippen LogP contribution in [0.5, 0.6) is 5.75 Å². The highest BCUT2D eigenvalue weighted by atomic mass is 16.7. The molecule has 0 saturated carbocycles. The Morgan fingerprint density at radius 2 is 1.45 bits per heavy atom. The highest BCUT2D eigenvalue weighted by Gasteiger charge is 2.39. The molecule has 0 spiro atoms. The number of hydrogen-bond donors (Lipinski definition) is 1. The fraction of sp³-hybridized carbons (Fsp3) is 0.294. The summed E-state index contributed by atoms with van der Waals surface area (Å²) < 4.78 is 11.5. The van der Waals surface area contributed by atoms with E-state index >= 15 is 0 Å². The van der Waals surface area contributed by atoms with Gasteiger partial charge < -0.3 is 14.6 Å². The first-order chi connectivity index (χ1) is 9.71. The largest absolute Gasteiger partial charge is 0.508 e. The van der Waals surface area contributed by atoms with Crippen LogP contribution in [0.2, 0.25) is 0 Å². The summed E-state index contributed by atoms with van der Waals surface area (Å²) in [4.78, 5) is 0. The van der Waals surface area contributed by atoms with Crippen LogP contribution in [-0.4, -0.2) is 24.6 Å². The Balaban J connectivity index is 2.06. The normalized spacial score (nSPS) is 26.4. The van der Waals surface area contributed by atoms with E-state index in [0.29, 0.717) is 13.2 Å². The van der Waals surface area contributed by atoms with E-state index in [1.54, 1.807) is 12.1 Å². The van der Waals surface area contributed by atoms with Crippen molar-refractivity contribution in [3.63, 3.8) is 0 Å². The zero-order valence-electron chi connectivity index (χ0n) is 11.5. The van der Waals surface area contributed by atoms with Crippen molar-refractivity contribution in [1.82, 2.24) is 0 Å². The number of hydrogen-bond acceptors (Lipinski definition) is 3. The fourth-order valence-electron chi connectivity index (χ4n) is 2.65. The predicted octanol–water partition coefficient (Wildman–Crippen LogP) is 3.07. The van der Waals surface area contributed by atoms with Gasteiger partial charge in [0.2, 0.25) is 0 Å². The van der Waals surface area contributed by atoms with E-state index in [1.165, 1.54) is 0 Å². The molecule has 104 valence electrons. The van der Waals surface area contributed by atoms with Gasteiger partial charge in [0.05, 0.1) is 18.6 Å². The van der Waals surface area contributed by atoms with E-state index in [9.17, 15) is 5.11 Å². The van der Waals surface area contributed by atoms with Crippen molar-refractivity contribution in [2.24, 2.45) is 0 Å². The number of phenols is 1. The van der Waals surface area contributed by atoms with E-state index < -0.39 is 0 Å². The molecule has 0 atom stereocenters. The topological polar surface area (TPSA) is 38.7 Å². The second-order valence-electron chi connectivity index (χ2n) is 5.18. The molecule has 0 bridgehead atoms. The third-order valence-corrected chi connectivity index (χ3v) is 3.88. The average molecular weight is 270 g/mol. The summed E-state index contributed by atoms with van der Waals surface area (Å²) >= 11 is 0. The lowest BCUT2D eigenvalue weighted by Gasteiger charge is -2.40. The molecule has 1 N–H and O–H groups in total. The summed E-state index contributed by atoms with van der Waals surface area (Å²) in [5.74, 6) is 0.267. The summed E-state index contributed by atoms with van der Waals surface area (Å²) in [6.07, 6.45) is -0.177. The lowest BCUT2D eigenvalue weighted by molar-refractivity contribution is -0.192. The second kappa shape index (κ2) is 5.27. The smallest absolute Gasteiger partial charge is 0.154 e. The minimum Gasteiger partial charge on any atom is -0.508 e. The van der Waals surface area contributed by atoms with E-state index in [-0.39, 0.29) is 17.5 Å². The van der Waals surface area contributed by atoms with Crippen molar-refractivity contribution in [2.45, 2.75) is 18.6 Å². The predicted molar refractivity (Wildman–Crippen MR) is 76.7 cm³/mol. The van der Waals surface area contributed by atoms with Crippen molar-refractivity contribution < 1.29 is 14.6 Å². The first-order valence-corrected chi connectivity index (χ1v) is 6.79. The van der Waals surface area contributed by atoms with Gasteiger partial charge in [-0.1, -0.05) is 42.5 Å². The average Bonchev–Trinajstić information content (AvgIpc) is 2.50. The summed E-state index contributed by atoms with van der Waals surface area (Å²) in [6.45, 7) is 3.05. The molecule has 3 rings (SSSR count). The maximum absolute atomic E-state index is 9.49. The lowest BCUT2D eigenvalue weighted by Crippen LogP contribution is -2.45. The monoisotopic (exact) mass is 270 g/mol. The zero-order chi connectivity index (χ0) is 14.0. The van der Waals surface area contributed by atoms with Gasteiger partial charge in [-0.2, -0.15) is 0 Å². The molecular formula is C17H18O3. The summed E-state index contributed by atoms with van der Waals surface area (Å²) in [5.41, 5.74) is 1.94. The Morgan fingerprint density at radius 1 is 0.900 bits per heavy atom. The zero-order valence-corrected chi connectivity index (χ0v) is 11.5. The minimum atomic E-state index is -0.318. The van der Waals surface area contributed by atoms with Crippen LogP contribution in [0, 0.1) is 0 Å². The van der Waals surface area contributed by atoms with Crippen molar-refractivity contribution in [3.8, 4) is 5.75 Å². The van der Waals surface area contributed by atoms with Crippen LogP contribution in [0.3, 0.4) is 0 Å². The summed E-state index contributed by atoms with van der Waals surface area (Å²) in [7, 11) is 0. The third kappa shape index (κ3) is 2.30. The quantitative estimate of drug-likeness (QED) is 0.911. The summed E-state index contributed by atoms with van der Waals surface area (Å²) in [6, 6.07) is 17.5. The highest BCUT2D eigenvalue weighted by Crippen LogP contribution is 2.37. The van der Waals surface area contributed by atoms with Gasteiger partial charge in [0.1, 0.15) is 5.75 Å². The SMILES string of the molecule is CC1OCC(c2ccccc2)(c2ccc(O)cc2)CO1. The maximum Gasteiger partial charge on any atom is 0.154 e. The highest BCUT2D eigenvalue weighted by molar-refractivity contribution is 5.42. The first-order valence-electron chi connectivity index (χ1n) is 6.79. The molecule has 1 heterocycles. The van der Waals surface area contributed by atoms with E-state index in [0.717, 1.165) is 11.1 Å². The Morgan fingerprint density at radius 3 is 2.05 bits per heavy atom. The summed E-state index contributed by atoms with van der Waals surface area (Å²) in [5, 5.41) is 9.49. The third-order valence-electron chi connectivity index (χ3n) is 3.88. The van der Waals surface area contributed by atoms with Crippen molar-refractivity contribution >= 4 is 0 Å². The van der Waals surface area contributed by atoms with Gasteiger partial charge in [0, 0.05) is 0 Å². The molecule has 2 aromatic carbocycles. The number of phenolic OH excluding ortho intramolecular Hbond substituents is 1. The Hall–Kier alpha value is -1.84. The molecule has 3 nitrogen and oxygen atoms in total. The molecule has 20 heavy (non-hydrogen) atoms. The number of ether oxygens (including phenoxy) is 2. The van der Waals surface area contributed by atoms with Gasteiger partial charge in [-0.25, -0.2) is 0 Å². The standard InChI is InChI=1S/C17H18O3/c1-13-19-11-17(12-20-13,14-5-3-2-4-6-14)15-7-9-16(18)10-8-15/h2-10,13,18H,11-12H2,1H3. The maximum atomic E-state index is 9.49. The van der Waals surface area contributed by atoms with E-state index in [4.69, 9.17) is 9.47 Å². The fourth-order valence-corrected chi connectivity index (χ4v) is 2.65. The molecular weight excluding hydrogens is 252 g/mol. The van der Waals surface area contributed by atoms with E-state index in [1.807, 2.05) is 37.3 Å². The van der Waals surface area contributed by atoms with E-state index in [2.05, 4.69) is 12.1 Å². The lowest BCUT2D eigenvalue weighted by atomic mass is 9.75. The van der Waals surface area contributed by atoms with Crippen molar-refractivity contribution in [2.75, 3.05) is 13.2 Å². The van der Waals surface area contributed by atoms with Crippen LogP contribution in [0.1, 0.15) is 18.1 Å². The molecule has 0 amide bonds. The number of aromatic hydroxyl groups is 1. The number of benzene rings is 2. The molecule has 1 aliphatic heterocycles. The molecule has 1 fully saturated rings. The Kier molecular flexibility index (Phi) is 3.47. The van der Waals surface area contributed by atoms with Gasteiger partial charge in [-0.3, -0.25) is 0 Å². The molecule has 0 radical (unpaired) electrons. The minimum absolute atomic E-state index is 0.177.